The topological polar surface area (TPSA) is 136 Å². The number of anilines is 1. The molecule has 0 aliphatic heterocycles. The van der Waals surface area contributed by atoms with Crippen molar-refractivity contribution in [3.05, 3.63) is 47.9 Å². The number of halogens is 2. The molecule has 9 nitrogen and oxygen atoms in total. The van der Waals surface area contributed by atoms with Gasteiger partial charge in [0.15, 0.2) is 0 Å². The Bertz CT molecular complexity index is 1260. The Kier molecular flexibility index (Phi) is 7.38. The molecule has 35 heavy (non-hydrogen) atoms. The third kappa shape index (κ3) is 6.09. The largest absolute Gasteiger partial charge is 0.387 e. The molecule has 0 spiro atoms. The van der Waals surface area contributed by atoms with Crippen LogP contribution in [0, 0.1) is 11.3 Å². The number of carbonyl (C=O) groups is 1. The molecule has 3 aromatic heterocycles. The third-order valence-electron chi connectivity index (χ3n) is 5.48. The van der Waals surface area contributed by atoms with E-state index in [0.29, 0.717) is 22.4 Å². The highest BCUT2D eigenvalue weighted by atomic mass is 19.1. The fraction of sp³-hybridized carbons (Fsp3) is 0.417. The van der Waals surface area contributed by atoms with Gasteiger partial charge in [0.2, 0.25) is 0 Å². The van der Waals surface area contributed by atoms with Crippen LogP contribution in [0.2, 0.25) is 0 Å². The van der Waals surface area contributed by atoms with Crippen molar-refractivity contribution in [1.29, 1.82) is 5.26 Å². The minimum absolute atomic E-state index is 0.0239. The predicted molar refractivity (Wildman–Crippen MR) is 127 cm³/mol. The standard InChI is InChI=1S/C24H28F2N6O3/c1-23(2,34)18(25)12-28-17-8-20(32-6-5-15-7-14(9-27)10-30-21(15)32)29-11-16(17)22(33)31-13-19(26)24(3,4)35/h5-8,10-11,18-19,34-35H,12-13H2,1-4H3,(H,28,29)(H,31,33)/t18-,19?/m1/s1. The van der Waals surface area contributed by atoms with Crippen molar-refractivity contribution in [2.45, 2.75) is 51.2 Å². The summed E-state index contributed by atoms with van der Waals surface area (Å²) in [5.74, 6) is -0.318. The van der Waals surface area contributed by atoms with E-state index in [1.54, 1.807) is 22.9 Å². The van der Waals surface area contributed by atoms with Crippen LogP contribution in [0.4, 0.5) is 14.5 Å². The zero-order valence-corrected chi connectivity index (χ0v) is 19.9. The summed E-state index contributed by atoms with van der Waals surface area (Å²) in [5.41, 5.74) is -2.11. The van der Waals surface area contributed by atoms with Crippen LogP contribution in [0.25, 0.3) is 16.9 Å². The molecular formula is C24H28F2N6O3. The Morgan fingerprint density at radius 2 is 1.77 bits per heavy atom. The molecule has 0 aliphatic carbocycles. The third-order valence-corrected chi connectivity index (χ3v) is 5.48. The lowest BCUT2D eigenvalue weighted by atomic mass is 10.0. The Labute approximate surface area is 201 Å². The van der Waals surface area contributed by atoms with Crippen LogP contribution in [-0.2, 0) is 0 Å². The lowest BCUT2D eigenvalue weighted by molar-refractivity contribution is -0.00178. The molecule has 3 aromatic rings. The van der Waals surface area contributed by atoms with Gasteiger partial charge in [-0.2, -0.15) is 5.26 Å². The molecule has 0 aromatic carbocycles. The summed E-state index contributed by atoms with van der Waals surface area (Å²) in [4.78, 5) is 21.4. The van der Waals surface area contributed by atoms with Crippen molar-refractivity contribution in [3.63, 3.8) is 0 Å². The number of aromatic nitrogens is 3. The Balaban J connectivity index is 1.95. The van der Waals surface area contributed by atoms with Gasteiger partial charge in [-0.05, 0) is 39.8 Å². The number of rotatable bonds is 9. The van der Waals surface area contributed by atoms with Crippen molar-refractivity contribution >= 4 is 22.6 Å². The maximum absolute atomic E-state index is 14.4. The number of amides is 1. The molecule has 0 saturated carbocycles. The average Bonchev–Trinajstić information content (AvgIpc) is 3.22. The molecule has 0 radical (unpaired) electrons. The number of nitrogens with zero attached hydrogens (tertiary/aromatic N) is 4. The molecule has 2 atom stereocenters. The van der Waals surface area contributed by atoms with Crippen molar-refractivity contribution in [3.8, 4) is 11.9 Å². The minimum Gasteiger partial charge on any atom is -0.387 e. The molecule has 1 amide bonds. The number of carbonyl (C=O) groups excluding carboxylic acids is 1. The quantitative estimate of drug-likeness (QED) is 0.365. The van der Waals surface area contributed by atoms with E-state index in [1.165, 1.54) is 46.2 Å². The molecule has 3 heterocycles. The normalized spacial score (nSPS) is 13.8. The summed E-state index contributed by atoms with van der Waals surface area (Å²) in [6.07, 6.45) is 1.01. The first-order valence-corrected chi connectivity index (χ1v) is 10.9. The number of aliphatic hydroxyl groups is 2. The highest BCUT2D eigenvalue weighted by Gasteiger charge is 2.29. The number of hydrogen-bond donors (Lipinski definition) is 4. The SMILES string of the molecule is CC(C)(O)C(F)CNC(=O)c1cnc(-n2ccc3cc(C#N)cnc32)cc1NC[C@@H](F)C(C)(C)O. The molecule has 186 valence electrons. The van der Waals surface area contributed by atoms with Crippen LogP contribution in [0.1, 0.15) is 43.6 Å². The first-order valence-electron chi connectivity index (χ1n) is 10.9. The van der Waals surface area contributed by atoms with Crippen LogP contribution in [0.15, 0.2) is 36.8 Å². The number of pyridine rings is 2. The van der Waals surface area contributed by atoms with E-state index in [-0.39, 0.29) is 17.8 Å². The zero-order chi connectivity index (χ0) is 26.0. The van der Waals surface area contributed by atoms with E-state index in [9.17, 15) is 23.8 Å². The van der Waals surface area contributed by atoms with Crippen molar-refractivity contribution in [2.24, 2.45) is 0 Å². The monoisotopic (exact) mass is 486 g/mol. The number of alkyl halides is 2. The molecule has 0 fully saturated rings. The molecule has 0 aliphatic rings. The zero-order valence-electron chi connectivity index (χ0n) is 19.9. The van der Waals surface area contributed by atoms with Gasteiger partial charge in [0.25, 0.3) is 5.91 Å². The Morgan fingerprint density at radius 3 is 2.40 bits per heavy atom. The van der Waals surface area contributed by atoms with Gasteiger partial charge in [-0.25, -0.2) is 18.7 Å². The molecule has 3 rings (SSSR count). The second-order valence-electron chi connectivity index (χ2n) is 9.36. The van der Waals surface area contributed by atoms with Crippen molar-refractivity contribution in [2.75, 3.05) is 18.4 Å². The smallest absolute Gasteiger partial charge is 0.255 e. The first kappa shape index (κ1) is 26.0. The summed E-state index contributed by atoms with van der Waals surface area (Å²) in [5, 5.41) is 34.7. The molecule has 4 N–H and O–H groups in total. The van der Waals surface area contributed by atoms with Gasteiger partial charge in [-0.15, -0.1) is 0 Å². The van der Waals surface area contributed by atoms with E-state index in [1.807, 2.05) is 6.07 Å². The summed E-state index contributed by atoms with van der Waals surface area (Å²) in [6, 6.07) is 6.96. The van der Waals surface area contributed by atoms with Crippen molar-refractivity contribution in [1.82, 2.24) is 19.9 Å². The number of nitrogens with one attached hydrogen (secondary N) is 2. The van der Waals surface area contributed by atoms with E-state index < -0.39 is 36.0 Å². The van der Waals surface area contributed by atoms with Crippen LogP contribution in [0.3, 0.4) is 0 Å². The van der Waals surface area contributed by atoms with E-state index in [2.05, 4.69) is 20.6 Å². The molecule has 0 bridgehead atoms. The van der Waals surface area contributed by atoms with Gasteiger partial charge in [0.05, 0.1) is 34.6 Å². The maximum Gasteiger partial charge on any atom is 0.255 e. The fourth-order valence-corrected chi connectivity index (χ4v) is 3.15. The lowest BCUT2D eigenvalue weighted by Gasteiger charge is -2.24. The second kappa shape index (κ2) is 9.93. The van der Waals surface area contributed by atoms with Gasteiger partial charge in [0, 0.05) is 36.6 Å². The summed E-state index contributed by atoms with van der Waals surface area (Å²) < 4.78 is 30.2. The first-order chi connectivity index (χ1) is 16.3. The van der Waals surface area contributed by atoms with Gasteiger partial charge >= 0.3 is 0 Å². The highest BCUT2D eigenvalue weighted by molar-refractivity contribution is 5.99. The molecular weight excluding hydrogens is 458 g/mol. The number of fused-ring (bicyclic) bond motifs is 1. The fourth-order valence-electron chi connectivity index (χ4n) is 3.15. The summed E-state index contributed by atoms with van der Waals surface area (Å²) in [7, 11) is 0. The number of hydrogen-bond acceptors (Lipinski definition) is 7. The van der Waals surface area contributed by atoms with Gasteiger partial charge < -0.3 is 20.8 Å². The van der Waals surface area contributed by atoms with Crippen LogP contribution in [-0.4, -0.2) is 67.3 Å². The number of nitriles is 1. The van der Waals surface area contributed by atoms with Gasteiger partial charge in [-0.3, -0.25) is 9.36 Å². The van der Waals surface area contributed by atoms with Crippen LogP contribution < -0.4 is 10.6 Å². The Hall–Kier alpha value is -3.62. The van der Waals surface area contributed by atoms with Crippen LogP contribution in [0.5, 0.6) is 0 Å². The Morgan fingerprint density at radius 1 is 1.11 bits per heavy atom. The average molecular weight is 487 g/mol. The van der Waals surface area contributed by atoms with E-state index in [4.69, 9.17) is 5.26 Å². The summed E-state index contributed by atoms with van der Waals surface area (Å²) in [6.45, 7) is 4.50. The molecule has 1 unspecified atom stereocenters. The van der Waals surface area contributed by atoms with E-state index >= 15 is 0 Å². The maximum atomic E-state index is 14.4. The van der Waals surface area contributed by atoms with E-state index in [0.717, 1.165) is 0 Å². The van der Waals surface area contributed by atoms with Gasteiger partial charge in [-0.1, -0.05) is 0 Å². The predicted octanol–water partition coefficient (Wildman–Crippen LogP) is 2.65. The van der Waals surface area contributed by atoms with Gasteiger partial charge in [0.1, 0.15) is 29.9 Å². The second-order valence-corrected chi connectivity index (χ2v) is 9.36. The van der Waals surface area contributed by atoms with Crippen molar-refractivity contribution < 1.29 is 23.8 Å². The highest BCUT2D eigenvalue weighted by Crippen LogP contribution is 2.24. The summed E-state index contributed by atoms with van der Waals surface area (Å²) >= 11 is 0. The van der Waals surface area contributed by atoms with Crippen LogP contribution >= 0.6 is 0 Å². The molecule has 0 saturated heterocycles. The lowest BCUT2D eigenvalue weighted by Crippen LogP contribution is -2.42. The molecule has 11 heteroatoms. The minimum atomic E-state index is -1.71.